The second-order valence-corrected chi connectivity index (χ2v) is 8.00. The van der Waals surface area contributed by atoms with Gasteiger partial charge < -0.3 is 32.2 Å². The maximum absolute atomic E-state index is 13.6. The molecule has 1 aromatic heterocycles. The number of nitrogens with zero attached hydrogens (tertiary/aromatic N) is 1. The number of H-pyrrole nitrogens is 1. The van der Waals surface area contributed by atoms with Crippen LogP contribution in [0.2, 0.25) is 0 Å². The van der Waals surface area contributed by atoms with Crippen LogP contribution in [0.5, 0.6) is 5.75 Å². The summed E-state index contributed by atoms with van der Waals surface area (Å²) in [6.07, 6.45) is 1.63. The Hall–Kier alpha value is -4.48. The summed E-state index contributed by atoms with van der Waals surface area (Å²) >= 11 is 0. The van der Waals surface area contributed by atoms with Gasteiger partial charge in [-0.05, 0) is 43.7 Å². The maximum atomic E-state index is 13.6. The molecule has 0 radical (unpaired) electrons. The van der Waals surface area contributed by atoms with Gasteiger partial charge in [-0.1, -0.05) is 12.1 Å². The lowest BCUT2D eigenvalue weighted by Gasteiger charge is -2.14. The number of rotatable bonds is 9. The van der Waals surface area contributed by atoms with E-state index < -0.39 is 30.0 Å². The second-order valence-electron chi connectivity index (χ2n) is 8.00. The molecule has 0 spiro atoms. The van der Waals surface area contributed by atoms with Gasteiger partial charge in [0.15, 0.2) is 0 Å². The summed E-state index contributed by atoms with van der Waals surface area (Å²) in [5, 5.41) is 3.16. The molecule has 8 N–H and O–H groups in total. The number of amidine groups is 1. The lowest BCUT2D eigenvalue weighted by molar-refractivity contribution is -0.114. The number of nitrogens with one attached hydrogen (secondary N) is 2. The van der Waals surface area contributed by atoms with Crippen molar-refractivity contribution in [2.24, 2.45) is 22.2 Å². The molecule has 0 fully saturated rings. The van der Waals surface area contributed by atoms with Crippen LogP contribution in [-0.4, -0.2) is 35.3 Å². The number of hydrogen-bond acceptors (Lipinski definition) is 5. The molecule has 0 saturated carbocycles. The minimum Gasteiger partial charge on any atom is -0.434 e. The molecular weight excluding hydrogens is 477 g/mol. The number of alkyl halides is 2. The minimum absolute atomic E-state index is 0.0261. The topological polar surface area (TPSA) is 162 Å². The lowest BCUT2D eigenvalue weighted by atomic mass is 9.99. The highest BCUT2D eigenvalue weighted by Crippen LogP contribution is 2.28. The Kier molecular flexibility index (Phi) is 7.87. The van der Waals surface area contributed by atoms with Gasteiger partial charge in [-0.3, -0.25) is 14.6 Å². The van der Waals surface area contributed by atoms with Crippen molar-refractivity contribution >= 4 is 34.2 Å². The Balaban J connectivity index is 1.95. The smallest absolute Gasteiger partial charge is 0.387 e. The summed E-state index contributed by atoms with van der Waals surface area (Å²) < 4.78 is 43.3. The third kappa shape index (κ3) is 5.77. The van der Waals surface area contributed by atoms with E-state index in [9.17, 15) is 22.8 Å². The molecule has 0 aliphatic rings. The Morgan fingerprint density at radius 3 is 2.44 bits per heavy atom. The van der Waals surface area contributed by atoms with E-state index >= 15 is 0 Å². The normalized spacial score (nSPS) is 12.7. The van der Waals surface area contributed by atoms with Crippen LogP contribution >= 0.6 is 0 Å². The van der Waals surface area contributed by atoms with E-state index in [-0.39, 0.29) is 35.3 Å². The number of ether oxygens (including phenoxy) is 1. The van der Waals surface area contributed by atoms with Crippen LogP contribution in [0.25, 0.3) is 16.6 Å². The average Bonchev–Trinajstić information content (AvgIpc) is 3.27. The van der Waals surface area contributed by atoms with Crippen molar-refractivity contribution in [1.82, 2.24) is 10.3 Å². The third-order valence-corrected chi connectivity index (χ3v) is 5.11. The molecule has 36 heavy (non-hydrogen) atoms. The number of nitrogens with two attached hydrogens (primary N) is 3. The molecule has 12 heteroatoms. The van der Waals surface area contributed by atoms with Crippen molar-refractivity contribution < 1.29 is 27.5 Å². The van der Waals surface area contributed by atoms with Gasteiger partial charge in [0.05, 0.1) is 16.8 Å². The summed E-state index contributed by atoms with van der Waals surface area (Å²) in [5.74, 6) is -2.99. The van der Waals surface area contributed by atoms with Crippen LogP contribution < -0.4 is 27.3 Å². The number of aromatic amines is 1. The highest BCUT2D eigenvalue weighted by molar-refractivity contribution is 6.25. The largest absolute Gasteiger partial charge is 0.434 e. The van der Waals surface area contributed by atoms with Crippen LogP contribution in [0.15, 0.2) is 53.2 Å². The van der Waals surface area contributed by atoms with Crippen LogP contribution in [-0.2, 0) is 11.3 Å². The monoisotopic (exact) mass is 502 g/mol. The van der Waals surface area contributed by atoms with E-state index in [0.717, 1.165) is 18.2 Å². The Morgan fingerprint density at radius 1 is 1.08 bits per heavy atom. The molecule has 0 aliphatic heterocycles. The second kappa shape index (κ2) is 10.8. The van der Waals surface area contributed by atoms with Gasteiger partial charge in [0.2, 0.25) is 0 Å². The van der Waals surface area contributed by atoms with Crippen molar-refractivity contribution in [2.45, 2.75) is 33.0 Å². The molecule has 0 saturated heterocycles. The molecule has 2 aromatic carbocycles. The molecule has 3 rings (SSSR count). The van der Waals surface area contributed by atoms with E-state index in [1.54, 1.807) is 38.2 Å². The summed E-state index contributed by atoms with van der Waals surface area (Å²) in [6.45, 7) is 0.323. The molecule has 9 nitrogen and oxygen atoms in total. The molecule has 0 unspecified atom stereocenters. The highest BCUT2D eigenvalue weighted by atomic mass is 19.3. The number of fused-ring (bicyclic) bond motifs is 1. The maximum Gasteiger partial charge on any atom is 0.387 e. The fourth-order valence-electron chi connectivity index (χ4n) is 3.62. The van der Waals surface area contributed by atoms with Gasteiger partial charge in [-0.25, -0.2) is 4.39 Å². The number of carbonyl (C=O) groups excluding carboxylic acids is 2. The van der Waals surface area contributed by atoms with Gasteiger partial charge in [0, 0.05) is 29.7 Å². The van der Waals surface area contributed by atoms with E-state index in [0.29, 0.717) is 22.0 Å². The predicted molar refractivity (Wildman–Crippen MR) is 130 cm³/mol. The SMILES string of the molecule is CC(C)N=C(N)/C(C(N)=O)=C(\N)c1ccc(CNC(=O)c2cc(F)ccc2OC(F)F)c2[nH]ccc12. The van der Waals surface area contributed by atoms with Crippen LogP contribution in [0.3, 0.4) is 0 Å². The van der Waals surface area contributed by atoms with Crippen molar-refractivity contribution in [3.8, 4) is 5.75 Å². The van der Waals surface area contributed by atoms with Crippen molar-refractivity contribution in [2.75, 3.05) is 0 Å². The number of aliphatic imine (C=N–C) groups is 1. The summed E-state index contributed by atoms with van der Waals surface area (Å²) in [5.41, 5.74) is 18.9. The number of aromatic nitrogens is 1. The van der Waals surface area contributed by atoms with Gasteiger partial charge in [0.1, 0.15) is 23.0 Å². The first-order valence-corrected chi connectivity index (χ1v) is 10.7. The predicted octanol–water partition coefficient (Wildman–Crippen LogP) is 2.76. The highest BCUT2D eigenvalue weighted by Gasteiger charge is 2.20. The number of primary amides is 1. The molecule has 0 aliphatic carbocycles. The van der Waals surface area contributed by atoms with Crippen molar-refractivity contribution in [3.05, 3.63) is 70.7 Å². The minimum atomic E-state index is -3.18. The number of amides is 2. The quantitative estimate of drug-likeness (QED) is 0.172. The Bertz CT molecular complexity index is 1360. The van der Waals surface area contributed by atoms with E-state index in [1.807, 2.05) is 0 Å². The zero-order valence-electron chi connectivity index (χ0n) is 19.4. The molecule has 190 valence electrons. The molecule has 0 bridgehead atoms. The summed E-state index contributed by atoms with van der Waals surface area (Å²) in [4.78, 5) is 31.9. The lowest BCUT2D eigenvalue weighted by Crippen LogP contribution is -2.30. The molecular formula is C24H25F3N6O3. The van der Waals surface area contributed by atoms with Crippen LogP contribution in [0.1, 0.15) is 35.3 Å². The molecule has 2 amide bonds. The van der Waals surface area contributed by atoms with Gasteiger partial charge >= 0.3 is 6.61 Å². The molecule has 3 aromatic rings. The number of carbonyl (C=O) groups is 2. The fraction of sp³-hybridized carbons (Fsp3) is 0.208. The zero-order chi connectivity index (χ0) is 26.6. The van der Waals surface area contributed by atoms with Crippen molar-refractivity contribution in [3.63, 3.8) is 0 Å². The van der Waals surface area contributed by atoms with E-state index in [1.165, 1.54) is 0 Å². The first kappa shape index (κ1) is 26.1. The first-order chi connectivity index (χ1) is 17.0. The Morgan fingerprint density at radius 2 is 1.81 bits per heavy atom. The number of benzene rings is 2. The van der Waals surface area contributed by atoms with Gasteiger partial charge in [-0.2, -0.15) is 8.78 Å². The summed E-state index contributed by atoms with van der Waals surface area (Å²) in [6, 6.07) is 7.43. The van der Waals surface area contributed by atoms with E-state index in [2.05, 4.69) is 20.0 Å². The van der Waals surface area contributed by atoms with E-state index in [4.69, 9.17) is 17.2 Å². The summed E-state index contributed by atoms with van der Waals surface area (Å²) in [7, 11) is 0. The van der Waals surface area contributed by atoms with Gasteiger partial charge in [-0.15, -0.1) is 0 Å². The Labute approximate surface area is 204 Å². The first-order valence-electron chi connectivity index (χ1n) is 10.7. The van der Waals surface area contributed by atoms with Crippen LogP contribution in [0.4, 0.5) is 13.2 Å². The number of halogens is 3. The number of hydrogen-bond donors (Lipinski definition) is 5. The molecule has 1 heterocycles. The van der Waals surface area contributed by atoms with Gasteiger partial charge in [0.25, 0.3) is 11.8 Å². The molecule has 0 atom stereocenters. The fourth-order valence-corrected chi connectivity index (χ4v) is 3.62. The standard InChI is InChI=1S/C24H25F3N6O3/c1-11(2)33-21(29)18(22(30)34)19(28)14-5-3-12(20-15(14)7-8-31-20)10-32-23(35)16-9-13(25)4-6-17(16)36-24(26)27/h3-9,11,24,31H,10,28H2,1-2H3,(H2,29,33)(H2,30,34)(H,32,35)/b19-18+. The average molecular weight is 502 g/mol. The zero-order valence-corrected chi connectivity index (χ0v) is 19.4. The van der Waals surface area contributed by atoms with Crippen molar-refractivity contribution in [1.29, 1.82) is 0 Å². The van der Waals surface area contributed by atoms with Crippen LogP contribution in [0, 0.1) is 5.82 Å². The third-order valence-electron chi connectivity index (χ3n) is 5.11.